The van der Waals surface area contributed by atoms with E-state index in [1.165, 1.54) is 0 Å². The standard InChI is InChI=1S/C14H19NO3S/c1-9(15-19(17)14(2,3)4)10-5-6-12-11(7-10)8-18-13(12)16/h5-7,9,15H,8H2,1-4H3/t9-,19?/m1/s1. The summed E-state index contributed by atoms with van der Waals surface area (Å²) in [6, 6.07) is 5.56. The van der Waals surface area contributed by atoms with Crippen molar-refractivity contribution < 1.29 is 13.7 Å². The summed E-state index contributed by atoms with van der Waals surface area (Å²) in [5.41, 5.74) is 2.54. The van der Waals surface area contributed by atoms with Crippen LogP contribution in [0.3, 0.4) is 0 Å². The van der Waals surface area contributed by atoms with Gasteiger partial charge >= 0.3 is 5.97 Å². The van der Waals surface area contributed by atoms with Crippen molar-refractivity contribution in [2.75, 3.05) is 0 Å². The zero-order valence-corrected chi connectivity index (χ0v) is 12.5. The van der Waals surface area contributed by atoms with Gasteiger partial charge in [-0.2, -0.15) is 0 Å². The summed E-state index contributed by atoms with van der Waals surface area (Å²) in [5.74, 6) is -0.263. The molecule has 0 saturated carbocycles. The quantitative estimate of drug-likeness (QED) is 0.866. The highest BCUT2D eigenvalue weighted by Gasteiger charge is 2.24. The fourth-order valence-electron chi connectivity index (χ4n) is 1.83. The van der Waals surface area contributed by atoms with Crippen LogP contribution in [-0.4, -0.2) is 14.9 Å². The minimum atomic E-state index is -1.12. The Labute approximate surface area is 116 Å². The summed E-state index contributed by atoms with van der Waals surface area (Å²) < 4.78 is 19.8. The number of benzene rings is 1. The van der Waals surface area contributed by atoms with Gasteiger partial charge in [0.1, 0.15) is 6.61 Å². The smallest absolute Gasteiger partial charge is 0.338 e. The van der Waals surface area contributed by atoms with Crippen LogP contribution in [0, 0.1) is 0 Å². The number of fused-ring (bicyclic) bond motifs is 1. The van der Waals surface area contributed by atoms with E-state index in [1.807, 2.05) is 39.8 Å². The van der Waals surface area contributed by atoms with Crippen molar-refractivity contribution in [2.45, 2.75) is 45.1 Å². The minimum Gasteiger partial charge on any atom is -0.457 e. The Morgan fingerprint density at radius 2 is 2.05 bits per heavy atom. The van der Waals surface area contributed by atoms with Crippen molar-refractivity contribution in [1.82, 2.24) is 4.72 Å². The molecule has 1 N–H and O–H groups in total. The van der Waals surface area contributed by atoms with E-state index in [0.717, 1.165) is 11.1 Å². The molecular formula is C14H19NO3S. The van der Waals surface area contributed by atoms with Crippen molar-refractivity contribution in [3.63, 3.8) is 0 Å². The Morgan fingerprint density at radius 3 is 2.68 bits per heavy atom. The van der Waals surface area contributed by atoms with Gasteiger partial charge in [-0.25, -0.2) is 13.7 Å². The molecule has 0 bridgehead atoms. The molecule has 0 aliphatic carbocycles. The van der Waals surface area contributed by atoms with Crippen LogP contribution in [0.5, 0.6) is 0 Å². The topological polar surface area (TPSA) is 55.4 Å². The molecule has 0 amide bonds. The third kappa shape index (κ3) is 3.04. The molecule has 1 unspecified atom stereocenters. The van der Waals surface area contributed by atoms with Gasteiger partial charge in [-0.05, 0) is 45.4 Å². The van der Waals surface area contributed by atoms with Gasteiger partial charge in [0.15, 0.2) is 0 Å². The summed E-state index contributed by atoms with van der Waals surface area (Å²) in [6.07, 6.45) is 0. The SMILES string of the molecule is C[C@@H](NS(=O)C(C)(C)C)c1ccc2c(c1)COC2=O. The van der Waals surface area contributed by atoms with Crippen LogP contribution in [-0.2, 0) is 22.3 Å². The lowest BCUT2D eigenvalue weighted by Crippen LogP contribution is -2.34. The van der Waals surface area contributed by atoms with E-state index in [-0.39, 0.29) is 16.8 Å². The molecule has 0 radical (unpaired) electrons. The summed E-state index contributed by atoms with van der Waals surface area (Å²) in [4.78, 5) is 11.4. The third-order valence-corrected chi connectivity index (χ3v) is 4.73. The van der Waals surface area contributed by atoms with E-state index in [1.54, 1.807) is 6.07 Å². The first kappa shape index (κ1) is 14.2. The second-order valence-corrected chi connectivity index (χ2v) is 7.71. The highest BCUT2D eigenvalue weighted by atomic mass is 32.2. The van der Waals surface area contributed by atoms with Gasteiger partial charge in [0.05, 0.1) is 21.3 Å². The van der Waals surface area contributed by atoms with Crippen LogP contribution in [0.1, 0.15) is 55.2 Å². The normalized spacial score (nSPS) is 17.8. The second kappa shape index (κ2) is 5.06. The van der Waals surface area contributed by atoms with Crippen LogP contribution in [0.25, 0.3) is 0 Å². The zero-order chi connectivity index (χ0) is 14.2. The maximum atomic E-state index is 12.1. The molecule has 2 rings (SSSR count). The molecule has 1 heterocycles. The number of hydrogen-bond acceptors (Lipinski definition) is 3. The first-order valence-corrected chi connectivity index (χ1v) is 7.42. The summed E-state index contributed by atoms with van der Waals surface area (Å²) >= 11 is 0. The number of esters is 1. The van der Waals surface area contributed by atoms with Crippen molar-refractivity contribution in [3.05, 3.63) is 34.9 Å². The van der Waals surface area contributed by atoms with E-state index < -0.39 is 11.0 Å². The van der Waals surface area contributed by atoms with Crippen LogP contribution in [0.4, 0.5) is 0 Å². The molecule has 0 spiro atoms. The summed E-state index contributed by atoms with van der Waals surface area (Å²) in [7, 11) is -1.12. The predicted octanol–water partition coefficient (Wildman–Crippen LogP) is 2.47. The fourth-order valence-corrected chi connectivity index (χ4v) is 2.64. The number of carbonyl (C=O) groups is 1. The van der Waals surface area contributed by atoms with Crippen molar-refractivity contribution in [3.8, 4) is 0 Å². The van der Waals surface area contributed by atoms with Crippen molar-refractivity contribution in [2.24, 2.45) is 0 Å². The molecule has 4 nitrogen and oxygen atoms in total. The van der Waals surface area contributed by atoms with E-state index >= 15 is 0 Å². The molecule has 5 heteroatoms. The van der Waals surface area contributed by atoms with Crippen molar-refractivity contribution >= 4 is 17.0 Å². The average Bonchev–Trinajstić information content (AvgIpc) is 2.69. The van der Waals surface area contributed by atoms with Crippen LogP contribution in [0.15, 0.2) is 18.2 Å². The first-order valence-electron chi connectivity index (χ1n) is 6.27. The largest absolute Gasteiger partial charge is 0.457 e. The lowest BCUT2D eigenvalue weighted by atomic mass is 10.0. The Kier molecular flexibility index (Phi) is 3.78. The van der Waals surface area contributed by atoms with Crippen LogP contribution in [0.2, 0.25) is 0 Å². The van der Waals surface area contributed by atoms with Gasteiger partial charge in [-0.15, -0.1) is 0 Å². The van der Waals surface area contributed by atoms with E-state index in [0.29, 0.717) is 12.2 Å². The van der Waals surface area contributed by atoms with E-state index in [9.17, 15) is 9.00 Å². The lowest BCUT2D eigenvalue weighted by Gasteiger charge is -2.22. The number of rotatable bonds is 3. The average molecular weight is 281 g/mol. The molecule has 104 valence electrons. The summed E-state index contributed by atoms with van der Waals surface area (Å²) in [5, 5.41) is 0. The number of carbonyl (C=O) groups excluding carboxylic acids is 1. The molecule has 0 saturated heterocycles. The lowest BCUT2D eigenvalue weighted by molar-refractivity contribution is 0.0535. The van der Waals surface area contributed by atoms with Gasteiger partial charge in [0, 0.05) is 11.6 Å². The Morgan fingerprint density at radius 1 is 1.37 bits per heavy atom. The number of hydrogen-bond donors (Lipinski definition) is 1. The van der Waals surface area contributed by atoms with Gasteiger partial charge < -0.3 is 4.74 Å². The zero-order valence-electron chi connectivity index (χ0n) is 11.6. The highest BCUT2D eigenvalue weighted by molar-refractivity contribution is 7.84. The van der Waals surface area contributed by atoms with Gasteiger partial charge in [0.25, 0.3) is 0 Å². The fraction of sp³-hybridized carbons (Fsp3) is 0.500. The molecule has 1 aromatic rings. The van der Waals surface area contributed by atoms with Crippen LogP contribution < -0.4 is 4.72 Å². The second-order valence-electron chi connectivity index (χ2n) is 5.71. The van der Waals surface area contributed by atoms with Crippen molar-refractivity contribution in [1.29, 1.82) is 0 Å². The number of ether oxygens (including phenoxy) is 1. The molecule has 1 aliphatic rings. The van der Waals surface area contributed by atoms with E-state index in [4.69, 9.17) is 4.74 Å². The molecule has 1 aromatic carbocycles. The monoisotopic (exact) mass is 281 g/mol. The Hall–Kier alpha value is -1.20. The highest BCUT2D eigenvalue weighted by Crippen LogP contribution is 2.24. The maximum absolute atomic E-state index is 12.1. The van der Waals surface area contributed by atoms with Gasteiger partial charge in [-0.1, -0.05) is 6.07 Å². The summed E-state index contributed by atoms with van der Waals surface area (Å²) in [6.45, 7) is 8.08. The predicted molar refractivity (Wildman–Crippen MR) is 75.0 cm³/mol. The third-order valence-electron chi connectivity index (χ3n) is 3.05. The molecular weight excluding hydrogens is 262 g/mol. The maximum Gasteiger partial charge on any atom is 0.338 e. The Bertz CT molecular complexity index is 534. The molecule has 0 aromatic heterocycles. The minimum absolute atomic E-state index is 0.0407. The molecule has 0 fully saturated rings. The Balaban J connectivity index is 2.15. The van der Waals surface area contributed by atoms with Gasteiger partial charge in [-0.3, -0.25) is 0 Å². The molecule has 19 heavy (non-hydrogen) atoms. The van der Waals surface area contributed by atoms with E-state index in [2.05, 4.69) is 4.72 Å². The van der Waals surface area contributed by atoms with Crippen LogP contribution >= 0.6 is 0 Å². The molecule has 2 atom stereocenters. The number of nitrogens with one attached hydrogen (secondary N) is 1. The molecule has 1 aliphatic heterocycles. The van der Waals surface area contributed by atoms with Gasteiger partial charge in [0.2, 0.25) is 0 Å². The first-order chi connectivity index (χ1) is 8.79. The number of cyclic esters (lactones) is 1.